The zero-order valence-electron chi connectivity index (χ0n) is 12.5. The van der Waals surface area contributed by atoms with Gasteiger partial charge in [-0.25, -0.2) is 0 Å². The maximum Gasteiger partial charge on any atom is 0.305 e. The fraction of sp³-hybridized carbons (Fsp3) is 0.118. The van der Waals surface area contributed by atoms with Crippen LogP contribution < -0.4 is 15.2 Å². The first-order valence-corrected chi connectivity index (χ1v) is 8.24. The van der Waals surface area contributed by atoms with Gasteiger partial charge in [0.2, 0.25) is 5.69 Å². The Morgan fingerprint density at radius 3 is 2.54 bits per heavy atom. The quantitative estimate of drug-likeness (QED) is 0.702. The molecular formula is C17H13BrN4O2. The fourth-order valence-electron chi connectivity index (χ4n) is 2.69. The SMILES string of the molecule is [O-]c1on[n+](-c2ccc(C3=NNC(c4ccccc4)C3)cc2)c1Br. The molecule has 0 saturated carbocycles. The lowest BCUT2D eigenvalue weighted by atomic mass is 9.99. The molecule has 0 amide bonds. The van der Waals surface area contributed by atoms with Crippen molar-refractivity contribution in [2.45, 2.75) is 12.5 Å². The normalized spacial score (nSPS) is 16.7. The third kappa shape index (κ3) is 2.67. The van der Waals surface area contributed by atoms with E-state index in [-0.39, 0.29) is 10.6 Å². The zero-order chi connectivity index (χ0) is 16.5. The molecule has 4 rings (SSSR count). The van der Waals surface area contributed by atoms with Crippen LogP contribution in [0.3, 0.4) is 0 Å². The molecule has 2 aromatic carbocycles. The highest BCUT2D eigenvalue weighted by atomic mass is 79.9. The molecule has 0 bridgehead atoms. The van der Waals surface area contributed by atoms with Crippen molar-refractivity contribution >= 4 is 21.6 Å². The molecule has 3 aromatic rings. The molecule has 1 unspecified atom stereocenters. The monoisotopic (exact) mass is 384 g/mol. The Kier molecular flexibility index (Phi) is 3.78. The standard InChI is InChI=1S/C17H13BrN4O2/c18-16-17(23)24-21-22(16)13-8-6-12(7-9-13)15-10-14(19-20-15)11-4-2-1-3-5-11/h1-9,14H,10H2,(H-,19,21,23). The van der Waals surface area contributed by atoms with Crippen LogP contribution in [0.25, 0.3) is 5.69 Å². The molecule has 0 radical (unpaired) electrons. The minimum atomic E-state index is -0.505. The smallest absolute Gasteiger partial charge is 0.305 e. The van der Waals surface area contributed by atoms with Gasteiger partial charge >= 0.3 is 4.60 Å². The highest BCUT2D eigenvalue weighted by molar-refractivity contribution is 9.10. The van der Waals surface area contributed by atoms with Gasteiger partial charge in [0.25, 0.3) is 0 Å². The van der Waals surface area contributed by atoms with Crippen LogP contribution in [-0.4, -0.2) is 11.0 Å². The molecule has 0 saturated heterocycles. The number of hydrogen-bond donors (Lipinski definition) is 1. The van der Waals surface area contributed by atoms with Crippen LogP contribution in [0.1, 0.15) is 23.6 Å². The Morgan fingerprint density at radius 1 is 1.12 bits per heavy atom. The summed E-state index contributed by atoms with van der Waals surface area (Å²) in [5.74, 6) is -0.505. The van der Waals surface area contributed by atoms with E-state index in [4.69, 9.17) is 0 Å². The molecule has 0 aliphatic carbocycles. The van der Waals surface area contributed by atoms with Gasteiger partial charge in [0.15, 0.2) is 5.95 Å². The molecule has 0 fully saturated rings. The van der Waals surface area contributed by atoms with E-state index in [1.54, 1.807) is 0 Å². The van der Waals surface area contributed by atoms with Crippen LogP contribution in [0, 0.1) is 0 Å². The molecule has 24 heavy (non-hydrogen) atoms. The molecule has 0 spiro atoms. The summed E-state index contributed by atoms with van der Waals surface area (Å²) in [6, 6.07) is 18.1. The lowest BCUT2D eigenvalue weighted by Crippen LogP contribution is -2.33. The third-order valence-electron chi connectivity index (χ3n) is 3.96. The van der Waals surface area contributed by atoms with E-state index < -0.39 is 5.95 Å². The van der Waals surface area contributed by atoms with Gasteiger partial charge in [-0.15, -0.1) is 0 Å². The zero-order valence-corrected chi connectivity index (χ0v) is 14.1. The van der Waals surface area contributed by atoms with Crippen LogP contribution in [-0.2, 0) is 0 Å². The Labute approximate surface area is 146 Å². The van der Waals surface area contributed by atoms with Gasteiger partial charge in [-0.1, -0.05) is 30.3 Å². The molecule has 1 atom stereocenters. The Bertz CT molecular complexity index is 891. The first-order valence-electron chi connectivity index (χ1n) is 7.45. The average molecular weight is 385 g/mol. The molecule has 2 heterocycles. The number of aromatic nitrogens is 2. The topological polar surface area (TPSA) is 77.4 Å². The van der Waals surface area contributed by atoms with E-state index >= 15 is 0 Å². The van der Waals surface area contributed by atoms with Gasteiger partial charge in [-0.3, -0.25) is 0 Å². The highest BCUT2D eigenvalue weighted by Crippen LogP contribution is 2.24. The minimum absolute atomic E-state index is 0.197. The van der Waals surface area contributed by atoms with Crippen molar-refractivity contribution in [1.29, 1.82) is 0 Å². The third-order valence-corrected chi connectivity index (χ3v) is 4.62. The van der Waals surface area contributed by atoms with Gasteiger partial charge in [-0.2, -0.15) is 5.10 Å². The van der Waals surface area contributed by atoms with Crippen molar-refractivity contribution in [2.24, 2.45) is 5.10 Å². The lowest BCUT2D eigenvalue weighted by molar-refractivity contribution is -0.680. The van der Waals surface area contributed by atoms with Crippen LogP contribution in [0.5, 0.6) is 5.95 Å². The van der Waals surface area contributed by atoms with Gasteiger partial charge in [0, 0.05) is 34.5 Å². The summed E-state index contributed by atoms with van der Waals surface area (Å²) in [6.07, 6.45) is 0.828. The molecular weight excluding hydrogens is 372 g/mol. The summed E-state index contributed by atoms with van der Waals surface area (Å²) in [5.41, 5.74) is 7.18. The summed E-state index contributed by atoms with van der Waals surface area (Å²) in [7, 11) is 0. The first-order chi connectivity index (χ1) is 11.7. The number of hydrogen-bond acceptors (Lipinski definition) is 5. The fourth-order valence-corrected chi connectivity index (χ4v) is 3.04. The Morgan fingerprint density at radius 2 is 1.88 bits per heavy atom. The van der Waals surface area contributed by atoms with Crippen molar-refractivity contribution in [3.8, 4) is 11.6 Å². The molecule has 1 N–H and O–H groups in total. The second-order valence-electron chi connectivity index (χ2n) is 5.46. The lowest BCUT2D eigenvalue weighted by Gasteiger charge is -2.09. The molecule has 1 aliphatic heterocycles. The van der Waals surface area contributed by atoms with Crippen LogP contribution >= 0.6 is 15.9 Å². The number of nitrogens with zero attached hydrogens (tertiary/aromatic N) is 3. The summed E-state index contributed by atoms with van der Waals surface area (Å²) < 4.78 is 6.29. The van der Waals surface area contributed by atoms with Crippen molar-refractivity contribution in [3.05, 3.63) is 70.3 Å². The van der Waals surface area contributed by atoms with E-state index in [1.807, 2.05) is 42.5 Å². The van der Waals surface area contributed by atoms with E-state index in [1.165, 1.54) is 10.2 Å². The van der Waals surface area contributed by atoms with Gasteiger partial charge < -0.3 is 15.1 Å². The predicted molar refractivity (Wildman–Crippen MR) is 88.7 cm³/mol. The largest absolute Gasteiger partial charge is 0.538 e. The summed E-state index contributed by atoms with van der Waals surface area (Å²) in [5, 5.41) is 19.5. The van der Waals surface area contributed by atoms with Crippen LogP contribution in [0.2, 0.25) is 0 Å². The molecule has 7 heteroatoms. The second-order valence-corrected chi connectivity index (χ2v) is 6.22. The number of hydrazone groups is 1. The predicted octanol–water partition coefficient (Wildman–Crippen LogP) is 2.23. The summed E-state index contributed by atoms with van der Waals surface area (Å²) in [6.45, 7) is 0. The first kappa shape index (κ1) is 14.9. The number of benzene rings is 2. The van der Waals surface area contributed by atoms with Crippen molar-refractivity contribution in [3.63, 3.8) is 0 Å². The molecule has 1 aliphatic rings. The summed E-state index contributed by atoms with van der Waals surface area (Å²) >= 11 is 3.17. The van der Waals surface area contributed by atoms with Crippen LogP contribution in [0.4, 0.5) is 0 Å². The van der Waals surface area contributed by atoms with E-state index in [9.17, 15) is 5.11 Å². The highest BCUT2D eigenvalue weighted by Gasteiger charge is 2.22. The maximum absolute atomic E-state index is 11.3. The van der Waals surface area contributed by atoms with Gasteiger partial charge in [0.1, 0.15) is 0 Å². The maximum atomic E-state index is 11.3. The molecule has 1 aromatic heterocycles. The Balaban J connectivity index is 1.53. The molecule has 6 nitrogen and oxygen atoms in total. The van der Waals surface area contributed by atoms with Gasteiger partial charge in [0.05, 0.1) is 17.0 Å². The minimum Gasteiger partial charge on any atom is -0.538 e. The number of halogens is 1. The van der Waals surface area contributed by atoms with E-state index in [0.717, 1.165) is 23.4 Å². The Hall–Kier alpha value is -2.67. The molecule has 120 valence electrons. The average Bonchev–Trinajstić information content (AvgIpc) is 3.24. The number of nitrogens with one attached hydrogen (secondary N) is 1. The number of rotatable bonds is 3. The van der Waals surface area contributed by atoms with E-state index in [0.29, 0.717) is 0 Å². The van der Waals surface area contributed by atoms with E-state index in [2.05, 4.69) is 48.4 Å². The van der Waals surface area contributed by atoms with Crippen molar-refractivity contribution in [2.75, 3.05) is 0 Å². The van der Waals surface area contributed by atoms with Crippen LogP contribution in [0.15, 0.2) is 68.8 Å². The second kappa shape index (κ2) is 6.09. The van der Waals surface area contributed by atoms with Gasteiger partial charge in [-0.05, 0) is 27.9 Å². The summed E-state index contributed by atoms with van der Waals surface area (Å²) in [4.78, 5) is 0. The van der Waals surface area contributed by atoms with Crippen molar-refractivity contribution in [1.82, 2.24) is 10.7 Å². The van der Waals surface area contributed by atoms with Crippen molar-refractivity contribution < 1.29 is 14.3 Å².